The fraction of sp³-hybridized carbons (Fsp3) is 0.571. The van der Waals surface area contributed by atoms with Crippen molar-refractivity contribution in [3.63, 3.8) is 0 Å². The third kappa shape index (κ3) is 2.48. The van der Waals surface area contributed by atoms with Crippen LogP contribution in [0.1, 0.15) is 30.4 Å². The van der Waals surface area contributed by atoms with Crippen LogP contribution >= 0.6 is 0 Å². The summed E-state index contributed by atoms with van der Waals surface area (Å²) in [5, 5.41) is 4.04. The van der Waals surface area contributed by atoms with Crippen molar-refractivity contribution in [3.8, 4) is 11.4 Å². The fourth-order valence-corrected chi connectivity index (χ4v) is 2.63. The number of hydrogen-bond acceptors (Lipinski definition) is 6. The molecular weight excluding hydrogens is 258 g/mol. The van der Waals surface area contributed by atoms with Crippen molar-refractivity contribution in [1.29, 1.82) is 0 Å². The molecule has 108 valence electrons. The summed E-state index contributed by atoms with van der Waals surface area (Å²) < 4.78 is 16.7. The average Bonchev–Trinajstić information content (AvgIpc) is 2.94. The number of hydrogen-bond donors (Lipinski definition) is 0. The van der Waals surface area contributed by atoms with E-state index >= 15 is 0 Å². The highest BCUT2D eigenvalue weighted by atomic mass is 16.5. The van der Waals surface area contributed by atoms with Gasteiger partial charge in [-0.3, -0.25) is 0 Å². The van der Waals surface area contributed by atoms with E-state index in [0.717, 1.165) is 30.2 Å². The topological polar surface area (TPSA) is 64.5 Å². The fourth-order valence-electron chi connectivity index (χ4n) is 2.63. The third-order valence-corrected chi connectivity index (χ3v) is 3.44. The van der Waals surface area contributed by atoms with Gasteiger partial charge < -0.3 is 18.6 Å². The number of morpholine rings is 1. The van der Waals surface area contributed by atoms with Crippen LogP contribution in [0.4, 0.5) is 0 Å². The minimum Gasteiger partial charge on any atom is -0.466 e. The Labute approximate surface area is 117 Å². The Morgan fingerprint density at radius 1 is 1.30 bits per heavy atom. The van der Waals surface area contributed by atoms with E-state index in [9.17, 15) is 0 Å². The first-order valence-corrected chi connectivity index (χ1v) is 6.78. The first-order valence-electron chi connectivity index (χ1n) is 6.78. The summed E-state index contributed by atoms with van der Waals surface area (Å²) >= 11 is 0. The zero-order valence-electron chi connectivity index (χ0n) is 12.2. The van der Waals surface area contributed by atoms with Crippen LogP contribution in [0.2, 0.25) is 0 Å². The van der Waals surface area contributed by atoms with Crippen LogP contribution in [0.5, 0.6) is 0 Å². The summed E-state index contributed by atoms with van der Waals surface area (Å²) in [5.41, 5.74) is 0.870. The molecule has 0 bridgehead atoms. The molecule has 0 spiro atoms. The molecule has 1 fully saturated rings. The molecule has 6 nitrogen and oxygen atoms in total. The van der Waals surface area contributed by atoms with Crippen molar-refractivity contribution < 1.29 is 13.7 Å². The molecule has 6 heteroatoms. The summed E-state index contributed by atoms with van der Waals surface area (Å²) in [6.45, 7) is 7.51. The van der Waals surface area contributed by atoms with Crippen molar-refractivity contribution in [3.05, 3.63) is 23.5 Å². The molecule has 1 aliphatic rings. The number of furan rings is 1. The van der Waals surface area contributed by atoms with E-state index in [0.29, 0.717) is 11.7 Å². The van der Waals surface area contributed by atoms with Gasteiger partial charge in [-0.2, -0.15) is 4.98 Å². The summed E-state index contributed by atoms with van der Waals surface area (Å²) in [6.07, 6.45) is -0.00897. The van der Waals surface area contributed by atoms with Crippen LogP contribution in [0.3, 0.4) is 0 Å². The maximum atomic E-state index is 5.87. The van der Waals surface area contributed by atoms with Gasteiger partial charge in [0.15, 0.2) is 0 Å². The van der Waals surface area contributed by atoms with Gasteiger partial charge in [0.05, 0.1) is 11.7 Å². The van der Waals surface area contributed by atoms with Crippen LogP contribution in [0, 0.1) is 13.8 Å². The van der Waals surface area contributed by atoms with Gasteiger partial charge in [0, 0.05) is 13.1 Å². The number of aromatic nitrogens is 2. The molecule has 1 aliphatic heterocycles. The first-order chi connectivity index (χ1) is 9.52. The number of aryl methyl sites for hydroxylation is 2. The molecule has 0 aliphatic carbocycles. The number of nitrogens with zero attached hydrogens (tertiary/aromatic N) is 3. The largest absolute Gasteiger partial charge is 0.466 e. The van der Waals surface area contributed by atoms with E-state index in [1.54, 1.807) is 0 Å². The van der Waals surface area contributed by atoms with E-state index in [4.69, 9.17) is 13.7 Å². The highest BCUT2D eigenvalue weighted by Gasteiger charge is 2.29. The second kappa shape index (κ2) is 5.03. The molecule has 2 aromatic heterocycles. The standard InChI is InChI=1S/C14H19N3O3/c1-8-5-11(10(3)18-8)13-15-14(20-16-13)12-7-17(4)6-9(2)19-12/h5,9,12H,6-7H2,1-4H3/t9-,12-/m1/s1. The molecule has 0 radical (unpaired) electrons. The molecular formula is C14H19N3O3. The van der Waals surface area contributed by atoms with Gasteiger partial charge in [-0.1, -0.05) is 5.16 Å². The molecule has 0 unspecified atom stereocenters. The van der Waals surface area contributed by atoms with Crippen molar-refractivity contribution >= 4 is 0 Å². The Morgan fingerprint density at radius 2 is 2.10 bits per heavy atom. The normalized spacial score (nSPS) is 24.2. The molecule has 0 amide bonds. The minimum absolute atomic E-state index is 0.159. The van der Waals surface area contributed by atoms with E-state index in [1.807, 2.05) is 26.8 Å². The number of rotatable bonds is 2. The zero-order valence-corrected chi connectivity index (χ0v) is 12.2. The lowest BCUT2D eigenvalue weighted by atomic mass is 10.2. The van der Waals surface area contributed by atoms with Gasteiger partial charge in [-0.15, -0.1) is 0 Å². The maximum Gasteiger partial charge on any atom is 0.257 e. The van der Waals surface area contributed by atoms with E-state index in [2.05, 4.69) is 22.1 Å². The molecule has 0 N–H and O–H groups in total. The highest BCUT2D eigenvalue weighted by molar-refractivity contribution is 5.57. The molecule has 2 atom stereocenters. The van der Waals surface area contributed by atoms with Crippen LogP contribution in [0.15, 0.2) is 15.0 Å². The van der Waals surface area contributed by atoms with E-state index < -0.39 is 0 Å². The van der Waals surface area contributed by atoms with Crippen molar-refractivity contribution in [2.45, 2.75) is 33.0 Å². The Bertz CT molecular complexity index is 595. The monoisotopic (exact) mass is 277 g/mol. The molecule has 0 saturated carbocycles. The van der Waals surface area contributed by atoms with E-state index in [1.165, 1.54) is 0 Å². The van der Waals surface area contributed by atoms with Crippen LogP contribution < -0.4 is 0 Å². The van der Waals surface area contributed by atoms with Gasteiger partial charge in [0.2, 0.25) is 5.82 Å². The predicted octanol–water partition coefficient (Wildman–Crippen LogP) is 2.34. The van der Waals surface area contributed by atoms with Crippen LogP contribution in [0.25, 0.3) is 11.4 Å². The minimum atomic E-state index is -0.168. The summed E-state index contributed by atoms with van der Waals surface area (Å²) in [6, 6.07) is 1.92. The lowest BCUT2D eigenvalue weighted by molar-refractivity contribution is -0.0838. The predicted molar refractivity (Wildman–Crippen MR) is 72.3 cm³/mol. The van der Waals surface area contributed by atoms with Crippen molar-refractivity contribution in [2.75, 3.05) is 20.1 Å². The molecule has 0 aromatic carbocycles. The number of ether oxygens (including phenoxy) is 1. The second-order valence-electron chi connectivity index (χ2n) is 5.44. The lowest BCUT2D eigenvalue weighted by Crippen LogP contribution is -2.40. The van der Waals surface area contributed by atoms with Gasteiger partial charge in [0.25, 0.3) is 5.89 Å². The Hall–Kier alpha value is -1.66. The lowest BCUT2D eigenvalue weighted by Gasteiger charge is -2.32. The summed E-state index contributed by atoms with van der Waals surface area (Å²) in [7, 11) is 2.06. The van der Waals surface area contributed by atoms with Gasteiger partial charge in [-0.05, 0) is 33.9 Å². The molecule has 3 heterocycles. The van der Waals surface area contributed by atoms with Gasteiger partial charge in [-0.25, -0.2) is 0 Å². The Morgan fingerprint density at radius 3 is 2.75 bits per heavy atom. The third-order valence-electron chi connectivity index (χ3n) is 3.44. The maximum absolute atomic E-state index is 5.87. The van der Waals surface area contributed by atoms with Crippen LogP contribution in [-0.2, 0) is 4.74 Å². The van der Waals surface area contributed by atoms with E-state index in [-0.39, 0.29) is 12.2 Å². The summed E-state index contributed by atoms with van der Waals surface area (Å²) in [5.74, 6) is 2.71. The zero-order chi connectivity index (χ0) is 14.3. The smallest absolute Gasteiger partial charge is 0.257 e. The molecule has 2 aromatic rings. The Kier molecular flexibility index (Phi) is 3.35. The van der Waals surface area contributed by atoms with Gasteiger partial charge >= 0.3 is 0 Å². The van der Waals surface area contributed by atoms with Crippen LogP contribution in [-0.4, -0.2) is 41.3 Å². The quantitative estimate of drug-likeness (QED) is 0.839. The Balaban J connectivity index is 1.85. The average molecular weight is 277 g/mol. The first kappa shape index (κ1) is 13.3. The van der Waals surface area contributed by atoms with Gasteiger partial charge in [0.1, 0.15) is 17.6 Å². The SMILES string of the molecule is Cc1cc(-c2noc([C@H]3CN(C)C[C@@H](C)O3)n2)c(C)o1. The number of likely N-dealkylation sites (N-methyl/N-ethyl adjacent to an activating group) is 1. The van der Waals surface area contributed by atoms with Crippen molar-refractivity contribution in [2.24, 2.45) is 0 Å². The van der Waals surface area contributed by atoms with Crippen molar-refractivity contribution in [1.82, 2.24) is 15.0 Å². The molecule has 1 saturated heterocycles. The second-order valence-corrected chi connectivity index (χ2v) is 5.44. The highest BCUT2D eigenvalue weighted by Crippen LogP contribution is 2.28. The molecule has 20 heavy (non-hydrogen) atoms. The molecule has 3 rings (SSSR count). The summed E-state index contributed by atoms with van der Waals surface area (Å²) in [4.78, 5) is 6.66.